The Kier molecular flexibility index (Phi) is 33.2. The number of halogens is 3. The van der Waals surface area contributed by atoms with Crippen molar-refractivity contribution < 1.29 is 80.7 Å². The minimum Gasteiger partial charge on any atom is -0.445 e. The van der Waals surface area contributed by atoms with Crippen molar-refractivity contribution in [3.05, 3.63) is 77.9 Å². The molecule has 1 saturated heterocycles. The summed E-state index contributed by atoms with van der Waals surface area (Å²) in [6, 6.07) is 5.61. The molecule has 544 valence electrons. The van der Waals surface area contributed by atoms with Gasteiger partial charge in [0, 0.05) is 59.7 Å². The maximum atomic E-state index is 14.8. The number of amides is 10. The summed E-state index contributed by atoms with van der Waals surface area (Å²) in [5, 5.41) is 36.9. The van der Waals surface area contributed by atoms with E-state index in [1.807, 2.05) is 32.0 Å². The molecule has 14 atom stereocenters. The maximum Gasteiger partial charge on any atom is 0.410 e. The van der Waals surface area contributed by atoms with E-state index in [0.29, 0.717) is 49.8 Å². The van der Waals surface area contributed by atoms with E-state index in [1.54, 1.807) is 91.6 Å². The van der Waals surface area contributed by atoms with Crippen LogP contribution in [0, 0.1) is 29.6 Å². The molecule has 1 fully saturated rings. The molecule has 97 heavy (non-hydrogen) atoms. The molecule has 4 rings (SSSR count). The number of anilines is 1. The Morgan fingerprint density at radius 2 is 1.41 bits per heavy atom. The molecular formula is C69H108F3N11O14. The predicted octanol–water partition coefficient (Wildman–Crippen LogP) is 6.27. The second kappa shape index (κ2) is 39.3. The molecule has 25 nitrogen and oxygen atoms in total. The third kappa shape index (κ3) is 24.2. The number of hydrogen-bond acceptors (Lipinski definition) is 15. The van der Waals surface area contributed by atoms with Gasteiger partial charge in [0.25, 0.3) is 0 Å². The molecular weight excluding hydrogens is 1260 g/mol. The molecule has 10 amide bonds. The molecule has 28 heteroatoms. The number of carbonyl (C=O) groups excluding carboxylic acids is 9. The first kappa shape index (κ1) is 82.0. The number of ether oxygens (including phenoxy) is 3. The second-order valence-electron chi connectivity index (χ2n) is 26.6. The van der Waals surface area contributed by atoms with Crippen LogP contribution in [0.15, 0.2) is 66.7 Å². The van der Waals surface area contributed by atoms with Crippen LogP contribution >= 0.6 is 0 Å². The lowest BCUT2D eigenvalue weighted by Gasteiger charge is -2.41. The first-order chi connectivity index (χ1) is 45.7. The number of aliphatic hydroxyl groups is 2. The van der Waals surface area contributed by atoms with Crippen LogP contribution in [0.2, 0.25) is 0 Å². The molecule has 2 aromatic rings. The van der Waals surface area contributed by atoms with E-state index in [9.17, 15) is 66.5 Å². The van der Waals surface area contributed by atoms with Crippen LogP contribution in [-0.4, -0.2) is 204 Å². The van der Waals surface area contributed by atoms with Crippen molar-refractivity contribution in [3.63, 3.8) is 0 Å². The normalized spacial score (nSPS) is 18.6. The maximum absolute atomic E-state index is 14.8. The number of carbonyl (C=O) groups is 9. The Morgan fingerprint density at radius 1 is 0.763 bits per heavy atom. The summed E-state index contributed by atoms with van der Waals surface area (Å²) in [6.45, 7) is 17.8. The SMILES string of the molecule is CC[C@H](C)[C@@H]([C@@H](CC(=O)N1CCC[C@H]1[C@H](OC)[C@@H](C)C(=O)N[C@H](C)[C@@H](O)c1ccccc1)OC)N(C)C(=O)[C@@H](NC(=O)[C@H](C(C)C)N(C)C(=O)OCc1ccc(NC(=O)[C@H](CCCNC(N)=O)NC(=O)[C@@H](N[C@@H](CCCCCN2C(=O)C=CC2O)C(F)(F)F)C(C)C)cc1)C(C)C. The van der Waals surface area contributed by atoms with E-state index in [-0.39, 0.29) is 81.1 Å². The van der Waals surface area contributed by atoms with Gasteiger partial charge in [-0.3, -0.25) is 43.8 Å². The zero-order valence-electron chi connectivity index (χ0n) is 58.9. The summed E-state index contributed by atoms with van der Waals surface area (Å²) in [6.07, 6.45) is -4.41. The lowest BCUT2D eigenvalue weighted by atomic mass is 9.89. The number of rotatable bonds is 39. The fraction of sp³-hybridized carbons (Fsp3) is 0.667. The van der Waals surface area contributed by atoms with Gasteiger partial charge in [-0.1, -0.05) is 124 Å². The van der Waals surface area contributed by atoms with E-state index in [1.165, 1.54) is 55.4 Å². The fourth-order valence-electron chi connectivity index (χ4n) is 12.6. The first-order valence-electron chi connectivity index (χ1n) is 33.8. The molecule has 2 heterocycles. The van der Waals surface area contributed by atoms with Gasteiger partial charge in [0.05, 0.1) is 54.8 Å². The zero-order valence-corrected chi connectivity index (χ0v) is 58.9. The number of likely N-dealkylation sites (N-methyl/N-ethyl adjacent to an activating group) is 2. The second-order valence-corrected chi connectivity index (χ2v) is 26.6. The number of benzene rings is 2. The number of nitrogens with two attached hydrogens (primary N) is 1. The number of methoxy groups -OCH3 is 2. The highest BCUT2D eigenvalue weighted by molar-refractivity contribution is 5.98. The Balaban J connectivity index is 1.40. The summed E-state index contributed by atoms with van der Waals surface area (Å²) >= 11 is 0. The topological polar surface area (TPSA) is 333 Å². The van der Waals surface area contributed by atoms with Crippen molar-refractivity contribution in [1.29, 1.82) is 0 Å². The number of alkyl halides is 3. The number of nitrogens with zero attached hydrogens (tertiary/aromatic N) is 4. The van der Waals surface area contributed by atoms with Crippen LogP contribution in [0.25, 0.3) is 0 Å². The molecule has 1 unspecified atom stereocenters. The van der Waals surface area contributed by atoms with E-state index >= 15 is 0 Å². The predicted molar refractivity (Wildman–Crippen MR) is 359 cm³/mol. The third-order valence-electron chi connectivity index (χ3n) is 18.4. The van der Waals surface area contributed by atoms with Gasteiger partial charge in [0.2, 0.25) is 41.4 Å². The molecule has 0 spiro atoms. The van der Waals surface area contributed by atoms with Gasteiger partial charge in [-0.2, -0.15) is 13.2 Å². The molecule has 0 radical (unpaired) electrons. The Bertz CT molecular complexity index is 2910. The lowest BCUT2D eigenvalue weighted by molar-refractivity contribution is -0.161. The summed E-state index contributed by atoms with van der Waals surface area (Å²) in [4.78, 5) is 128. The average Bonchev–Trinajstić information content (AvgIpc) is 1.80. The molecule has 2 aromatic carbocycles. The van der Waals surface area contributed by atoms with Crippen LogP contribution in [0.1, 0.15) is 151 Å². The van der Waals surface area contributed by atoms with Crippen LogP contribution < -0.4 is 37.6 Å². The minimum atomic E-state index is -4.75. The Labute approximate surface area is 569 Å². The van der Waals surface area contributed by atoms with Crippen LogP contribution in [0.5, 0.6) is 0 Å². The summed E-state index contributed by atoms with van der Waals surface area (Å²) in [5.74, 6) is -6.12. The van der Waals surface area contributed by atoms with Crippen molar-refractivity contribution in [2.45, 2.75) is 219 Å². The van der Waals surface area contributed by atoms with E-state index in [0.717, 1.165) is 4.90 Å². The molecule has 0 saturated carbocycles. The smallest absolute Gasteiger partial charge is 0.410 e. The van der Waals surface area contributed by atoms with E-state index in [4.69, 9.17) is 19.9 Å². The highest BCUT2D eigenvalue weighted by Crippen LogP contribution is 2.31. The Morgan fingerprint density at radius 3 is 1.97 bits per heavy atom. The first-order valence-corrected chi connectivity index (χ1v) is 33.8. The number of primary amides is 1. The molecule has 0 aliphatic carbocycles. The van der Waals surface area contributed by atoms with Gasteiger partial charge in [0.1, 0.15) is 37.0 Å². The van der Waals surface area contributed by atoms with Crippen molar-refractivity contribution in [2.75, 3.05) is 53.3 Å². The summed E-state index contributed by atoms with van der Waals surface area (Å²) in [7, 11) is 6.01. The van der Waals surface area contributed by atoms with Gasteiger partial charge in [-0.05, 0) is 98.5 Å². The lowest BCUT2D eigenvalue weighted by Crippen LogP contribution is -2.60. The number of urea groups is 1. The fourth-order valence-corrected chi connectivity index (χ4v) is 12.6. The van der Waals surface area contributed by atoms with E-state index < -0.39 is 138 Å². The minimum absolute atomic E-state index is 0.0226. The van der Waals surface area contributed by atoms with Crippen LogP contribution in [0.4, 0.5) is 28.4 Å². The monoisotopic (exact) mass is 1370 g/mol. The van der Waals surface area contributed by atoms with Gasteiger partial charge in [-0.25, -0.2) is 9.59 Å². The summed E-state index contributed by atoms with van der Waals surface area (Å²) < 4.78 is 61.1. The number of aliphatic hydroxyl groups excluding tert-OH is 2. The summed E-state index contributed by atoms with van der Waals surface area (Å²) in [5.41, 5.74) is 6.59. The van der Waals surface area contributed by atoms with Crippen molar-refractivity contribution in [1.82, 2.24) is 46.2 Å². The van der Waals surface area contributed by atoms with E-state index in [2.05, 4.69) is 31.9 Å². The highest BCUT2D eigenvalue weighted by atomic mass is 19.4. The molecule has 10 N–H and O–H groups in total. The van der Waals surface area contributed by atoms with Gasteiger partial charge in [0.15, 0.2) is 0 Å². The molecule has 2 aliphatic heterocycles. The average molecular weight is 1370 g/mol. The number of nitrogens with one attached hydrogen (secondary N) is 6. The van der Waals surface area contributed by atoms with Crippen molar-refractivity contribution >= 4 is 59.2 Å². The molecule has 0 bridgehead atoms. The van der Waals surface area contributed by atoms with Gasteiger partial charge in [-0.15, -0.1) is 0 Å². The van der Waals surface area contributed by atoms with Crippen LogP contribution in [0.3, 0.4) is 0 Å². The number of likely N-dealkylation sites (tertiary alicyclic amines) is 1. The third-order valence-corrected chi connectivity index (χ3v) is 18.4. The quantitative estimate of drug-likeness (QED) is 0.0333. The van der Waals surface area contributed by atoms with Crippen molar-refractivity contribution in [2.24, 2.45) is 35.3 Å². The number of hydrogen-bond donors (Lipinski definition) is 9. The van der Waals surface area contributed by atoms with Crippen molar-refractivity contribution in [3.8, 4) is 0 Å². The largest absolute Gasteiger partial charge is 0.445 e. The molecule has 2 aliphatic rings. The van der Waals surface area contributed by atoms with Crippen LogP contribution in [-0.2, 0) is 54.4 Å². The van der Waals surface area contributed by atoms with Gasteiger partial charge >= 0.3 is 18.3 Å². The molecule has 0 aromatic heterocycles. The Hall–Kier alpha value is -7.40. The zero-order chi connectivity index (χ0) is 72.6. The standard InChI is InChI=1S/C69H108F3N11O14/c1-15-43(8)59(51(95-13)38-55(86)82-37-23-27-50(82)61(96-14)44(9)62(88)75-45(10)60(87)47-24-18-16-19-25-47)80(11)66(92)57(41(4)5)79-65(91)58(42(6)7)81(12)68(94)97-39-46-29-31-48(32-30-46)76-63(89)49(26-22-35-74-67(73)93)77-64(90)56(40(2)3)78-52(69(70,71)72)28-20-17-21-36-83-53(84)33-34-54(83)85/h16,18-19,24-25,29-34,40-45,49-53,56-61,78,84,87H,15,17,20-23,26-28,35-39H2,1-14H3,(H,75,88)(H,76,89)(H,77,90)(H,79,91)(H3,73,74,93)/t43-,44+,45+,49-,50-,51+,52-,53?,56-,57-,58-,59-,60+,61+/m0/s1. The highest BCUT2D eigenvalue weighted by Gasteiger charge is 2.45. The van der Waals surface area contributed by atoms with Gasteiger partial charge < -0.3 is 71.4 Å². The number of unbranched alkanes of at least 4 members (excludes halogenated alkanes) is 2.